The van der Waals surface area contributed by atoms with Crippen LogP contribution in [0.3, 0.4) is 0 Å². The number of fused-ring (bicyclic) bond motifs is 5. The van der Waals surface area contributed by atoms with Gasteiger partial charge in [-0.1, -0.05) is 47.6 Å². The Morgan fingerprint density at radius 1 is 1.13 bits per heavy atom. The van der Waals surface area contributed by atoms with Crippen molar-refractivity contribution in [2.24, 2.45) is 23.2 Å². The predicted molar refractivity (Wildman–Crippen MR) is 169 cm³/mol. The Kier molecular flexibility index (Phi) is 9.55. The summed E-state index contributed by atoms with van der Waals surface area (Å²) >= 11 is 0. The zero-order chi connectivity index (χ0) is 32.5. The molecule has 0 spiro atoms. The number of alkyl carbamates (subject to hydrolysis) is 1. The van der Waals surface area contributed by atoms with Gasteiger partial charge in [-0.2, -0.15) is 0 Å². The van der Waals surface area contributed by atoms with Crippen molar-refractivity contribution < 1.29 is 33.3 Å². The highest BCUT2D eigenvalue weighted by Gasteiger charge is 2.51. The number of carbonyl (C=O) groups excluding carboxylic acids is 3. The lowest BCUT2D eigenvalue weighted by Crippen LogP contribution is -2.57. The van der Waals surface area contributed by atoms with Crippen molar-refractivity contribution in [1.82, 2.24) is 20.2 Å². The molecule has 2 amide bonds. The average Bonchev–Trinajstić information content (AvgIpc) is 3.63. The van der Waals surface area contributed by atoms with Crippen molar-refractivity contribution in [3.63, 3.8) is 0 Å². The number of aromatic nitrogens is 2. The second kappa shape index (κ2) is 13.2. The molecule has 1 N–H and O–H groups in total. The maximum Gasteiger partial charge on any atom is 0.408 e. The van der Waals surface area contributed by atoms with Crippen LogP contribution in [0.2, 0.25) is 0 Å². The van der Waals surface area contributed by atoms with Gasteiger partial charge in [0.15, 0.2) is 0 Å². The second-order valence-corrected chi connectivity index (χ2v) is 14.0. The Morgan fingerprint density at radius 3 is 2.62 bits per heavy atom. The highest BCUT2D eigenvalue weighted by molar-refractivity contribution is 5.91. The number of ether oxygens (including phenoxy) is 4. The number of nitrogens with one attached hydrogen (secondary N) is 1. The van der Waals surface area contributed by atoms with E-state index >= 15 is 0 Å². The fourth-order valence-corrected chi connectivity index (χ4v) is 5.97. The summed E-state index contributed by atoms with van der Waals surface area (Å²) in [5.41, 5.74) is 1.19. The Hall–Kier alpha value is -3.89. The molecular formula is C34H46N4O7. The Bertz CT molecular complexity index is 1450. The molecule has 45 heavy (non-hydrogen) atoms. The van der Waals surface area contributed by atoms with E-state index < -0.39 is 47.5 Å². The van der Waals surface area contributed by atoms with Crippen LogP contribution >= 0.6 is 0 Å². The summed E-state index contributed by atoms with van der Waals surface area (Å²) in [7, 11) is 1.59. The summed E-state index contributed by atoms with van der Waals surface area (Å²) in [6.07, 6.45) is 6.04. The molecule has 1 aromatic carbocycles. The van der Waals surface area contributed by atoms with E-state index in [2.05, 4.69) is 5.32 Å². The van der Waals surface area contributed by atoms with Gasteiger partial charge in [-0.15, -0.1) is 0 Å². The maximum absolute atomic E-state index is 14.3. The first kappa shape index (κ1) is 32.5. The first-order chi connectivity index (χ1) is 21.3. The van der Waals surface area contributed by atoms with Crippen LogP contribution in [0.15, 0.2) is 24.3 Å². The van der Waals surface area contributed by atoms with Gasteiger partial charge in [0.1, 0.15) is 35.7 Å². The zero-order valence-electron chi connectivity index (χ0n) is 27.4. The van der Waals surface area contributed by atoms with Gasteiger partial charge in [-0.25, -0.2) is 19.6 Å². The van der Waals surface area contributed by atoms with Crippen LogP contribution in [0.5, 0.6) is 11.6 Å². The molecule has 0 unspecified atom stereocenters. The molecule has 0 radical (unpaired) electrons. The third-order valence-electron chi connectivity index (χ3n) is 8.72. The van der Waals surface area contributed by atoms with Gasteiger partial charge >= 0.3 is 12.1 Å². The van der Waals surface area contributed by atoms with Gasteiger partial charge in [0.05, 0.1) is 31.3 Å². The van der Waals surface area contributed by atoms with Gasteiger partial charge in [0.2, 0.25) is 11.8 Å². The van der Waals surface area contributed by atoms with Gasteiger partial charge in [0, 0.05) is 12.0 Å². The average molecular weight is 623 g/mol. The number of hydrogen-bond acceptors (Lipinski definition) is 9. The number of methoxy groups -OCH3 is 1. The number of esters is 1. The minimum atomic E-state index is -0.946. The van der Waals surface area contributed by atoms with Crippen LogP contribution in [0.4, 0.5) is 4.79 Å². The van der Waals surface area contributed by atoms with Crippen molar-refractivity contribution in [3.8, 4) is 11.6 Å². The first-order valence-electron chi connectivity index (χ1n) is 16.0. The number of nitrogens with zero attached hydrogens (tertiary/aromatic N) is 3. The molecule has 1 saturated carbocycles. The molecule has 2 fully saturated rings. The summed E-state index contributed by atoms with van der Waals surface area (Å²) in [5, 5.41) is 2.83. The summed E-state index contributed by atoms with van der Waals surface area (Å²) in [4.78, 5) is 52.1. The van der Waals surface area contributed by atoms with Gasteiger partial charge in [-0.05, 0) is 61.1 Å². The molecule has 2 bridgehead atoms. The monoisotopic (exact) mass is 622 g/mol. The molecule has 1 saturated heterocycles. The largest absolute Gasteiger partial charge is 0.497 e. The van der Waals surface area contributed by atoms with E-state index in [1.54, 1.807) is 13.2 Å². The Morgan fingerprint density at radius 2 is 1.91 bits per heavy atom. The van der Waals surface area contributed by atoms with E-state index in [4.69, 9.17) is 28.9 Å². The van der Waals surface area contributed by atoms with Crippen LogP contribution in [0.1, 0.15) is 72.9 Å². The lowest BCUT2D eigenvalue weighted by Gasteiger charge is -2.35. The van der Waals surface area contributed by atoms with Crippen LogP contribution in [0.25, 0.3) is 17.1 Å². The zero-order valence-corrected chi connectivity index (χ0v) is 27.4. The normalized spacial score (nSPS) is 28.1. The number of benzene rings is 1. The summed E-state index contributed by atoms with van der Waals surface area (Å²) in [6, 6.07) is 3.62. The molecule has 6 atom stereocenters. The molecular weight excluding hydrogens is 576 g/mol. The van der Waals surface area contributed by atoms with Crippen LogP contribution < -0.4 is 14.8 Å². The lowest BCUT2D eigenvalue weighted by atomic mass is 9.85. The number of amides is 2. The molecule has 3 heterocycles. The van der Waals surface area contributed by atoms with Crippen LogP contribution in [-0.4, -0.2) is 77.4 Å². The van der Waals surface area contributed by atoms with E-state index in [9.17, 15) is 14.4 Å². The van der Waals surface area contributed by atoms with Crippen molar-refractivity contribution in [2.45, 2.75) is 91.5 Å². The van der Waals surface area contributed by atoms with Crippen molar-refractivity contribution in [3.05, 3.63) is 30.0 Å². The number of allylic oxidation sites excluding steroid dienone is 1. The second-order valence-electron chi connectivity index (χ2n) is 14.0. The topological polar surface area (TPSA) is 129 Å². The molecule has 5 rings (SSSR count). The first-order valence-corrected chi connectivity index (χ1v) is 16.0. The van der Waals surface area contributed by atoms with E-state index in [1.807, 2.05) is 65.8 Å². The third-order valence-corrected chi connectivity index (χ3v) is 8.72. The molecule has 1 aliphatic carbocycles. The smallest absolute Gasteiger partial charge is 0.408 e. The van der Waals surface area contributed by atoms with Gasteiger partial charge in [0.25, 0.3) is 0 Å². The van der Waals surface area contributed by atoms with E-state index in [-0.39, 0.29) is 25.2 Å². The fourth-order valence-electron chi connectivity index (χ4n) is 5.97. The number of rotatable bonds is 4. The van der Waals surface area contributed by atoms with E-state index in [0.717, 1.165) is 25.7 Å². The molecule has 3 aliphatic rings. The standard InChI is InChI=1S/C34H46N4O7/c1-19(2)18-43-32(40)28-20(3)27-17-38(28)31(39)29(34(4,5)6)37-33(41)45-26-15-21(26)11-9-8-10-12-24-30(44-27)36-25-16-22(42-7)13-14-23(25)35-24/h10,12-14,16,19-21,26-29H,8-9,11,15,17-18H2,1-7H3,(H,37,41)/b12-10+/t20-,21-,26-,27+,28+,29-/m1/s1. The Labute approximate surface area is 265 Å². The quantitative estimate of drug-likeness (QED) is 0.460. The predicted octanol–water partition coefficient (Wildman–Crippen LogP) is 5.16. The van der Waals surface area contributed by atoms with Gasteiger partial charge < -0.3 is 29.2 Å². The highest BCUT2D eigenvalue weighted by Crippen LogP contribution is 2.39. The van der Waals surface area contributed by atoms with E-state index in [0.29, 0.717) is 34.3 Å². The molecule has 1 aromatic heterocycles. The van der Waals surface area contributed by atoms with Crippen LogP contribution in [0, 0.1) is 23.2 Å². The summed E-state index contributed by atoms with van der Waals surface area (Å²) in [5.74, 6) is 0.0122. The fraction of sp³-hybridized carbons (Fsp3) is 0.618. The lowest BCUT2D eigenvalue weighted by molar-refractivity contribution is -0.156. The summed E-state index contributed by atoms with van der Waals surface area (Å²) < 4.78 is 23.3. The Balaban J connectivity index is 1.55. The van der Waals surface area contributed by atoms with Crippen molar-refractivity contribution in [1.29, 1.82) is 0 Å². The third kappa shape index (κ3) is 7.50. The van der Waals surface area contributed by atoms with Crippen molar-refractivity contribution >= 4 is 35.1 Å². The maximum atomic E-state index is 14.3. The molecule has 11 heteroatoms. The minimum absolute atomic E-state index is 0.0937. The molecule has 244 valence electrons. The molecule has 2 aromatic rings. The highest BCUT2D eigenvalue weighted by atomic mass is 16.6. The summed E-state index contributed by atoms with van der Waals surface area (Å²) in [6.45, 7) is 11.7. The number of hydrogen-bond donors (Lipinski definition) is 1. The molecule has 2 aliphatic heterocycles. The molecule has 11 nitrogen and oxygen atoms in total. The minimum Gasteiger partial charge on any atom is -0.497 e. The van der Waals surface area contributed by atoms with Gasteiger partial charge in [-0.3, -0.25) is 4.79 Å². The SMILES string of the molecule is COc1ccc2nc3c(nc2c1)O[C@H]1CN(C(=O)[C@H](C(C)(C)C)NC(=O)O[C@@H]2C[C@H]2CCC/C=C/3)[C@H](C(=O)OCC(C)C)[C@@H]1C. The van der Waals surface area contributed by atoms with Crippen LogP contribution in [-0.2, 0) is 19.1 Å². The van der Waals surface area contributed by atoms with Crippen molar-refractivity contribution in [2.75, 3.05) is 20.3 Å². The van der Waals surface area contributed by atoms with E-state index in [1.165, 1.54) is 4.90 Å². The number of carbonyl (C=O) groups is 3.